The first-order valence-corrected chi connectivity index (χ1v) is 8.59. The molecule has 2 N–H and O–H groups in total. The van der Waals surface area contributed by atoms with Gasteiger partial charge in [-0.3, -0.25) is 4.79 Å². The van der Waals surface area contributed by atoms with Gasteiger partial charge in [0, 0.05) is 17.0 Å². The highest BCUT2D eigenvalue weighted by Gasteiger charge is 2.16. The number of amides is 1. The van der Waals surface area contributed by atoms with Crippen molar-refractivity contribution < 1.29 is 19.1 Å². The zero-order valence-corrected chi connectivity index (χ0v) is 15.0. The van der Waals surface area contributed by atoms with Gasteiger partial charge in [0.2, 0.25) is 5.91 Å². The highest BCUT2D eigenvalue weighted by molar-refractivity contribution is 5.88. The Bertz CT molecular complexity index is 900. The summed E-state index contributed by atoms with van der Waals surface area (Å²) < 4.78 is 10.7. The molecule has 0 fully saturated rings. The van der Waals surface area contributed by atoms with Crippen LogP contribution in [-0.4, -0.2) is 30.8 Å². The van der Waals surface area contributed by atoms with Gasteiger partial charge >= 0.3 is 0 Å². The van der Waals surface area contributed by atoms with E-state index in [-0.39, 0.29) is 25.0 Å². The summed E-state index contributed by atoms with van der Waals surface area (Å²) >= 11 is 0. The van der Waals surface area contributed by atoms with Gasteiger partial charge in [-0.2, -0.15) is 0 Å². The number of carbonyl (C=O) groups is 1. The van der Waals surface area contributed by atoms with Crippen LogP contribution in [0.5, 0.6) is 5.75 Å². The summed E-state index contributed by atoms with van der Waals surface area (Å²) in [5, 5.41) is 13.4. The van der Waals surface area contributed by atoms with E-state index in [1.54, 1.807) is 19.4 Å². The first-order valence-electron chi connectivity index (χ1n) is 8.59. The highest BCUT2D eigenvalue weighted by Crippen LogP contribution is 2.25. The van der Waals surface area contributed by atoms with E-state index < -0.39 is 0 Å². The minimum absolute atomic E-state index is 0.108. The van der Waals surface area contributed by atoms with Crippen molar-refractivity contribution in [2.45, 2.75) is 25.8 Å². The molecule has 0 aliphatic carbocycles. The average Bonchev–Trinajstić information content (AvgIpc) is 3.04. The lowest BCUT2D eigenvalue weighted by molar-refractivity contribution is -0.121. The van der Waals surface area contributed by atoms with E-state index in [0.717, 1.165) is 22.1 Å². The fourth-order valence-corrected chi connectivity index (χ4v) is 3.04. The first kappa shape index (κ1) is 18.0. The maximum atomic E-state index is 12.4. The number of aliphatic hydroxyl groups is 1. The van der Waals surface area contributed by atoms with E-state index >= 15 is 0 Å². The molecule has 0 bridgehead atoms. The van der Waals surface area contributed by atoms with Gasteiger partial charge in [0.05, 0.1) is 32.4 Å². The number of hydrogen-bond donors (Lipinski definition) is 2. The van der Waals surface area contributed by atoms with Crippen LogP contribution in [0, 0.1) is 6.92 Å². The van der Waals surface area contributed by atoms with Crippen molar-refractivity contribution in [2.24, 2.45) is 0 Å². The van der Waals surface area contributed by atoms with Crippen LogP contribution in [0.25, 0.3) is 11.0 Å². The largest absolute Gasteiger partial charge is 0.497 e. The van der Waals surface area contributed by atoms with Gasteiger partial charge in [0.1, 0.15) is 11.3 Å². The van der Waals surface area contributed by atoms with E-state index in [1.165, 1.54) is 0 Å². The molecule has 0 aliphatic heterocycles. The molecule has 1 aromatic heterocycles. The zero-order valence-electron chi connectivity index (χ0n) is 15.0. The van der Waals surface area contributed by atoms with E-state index in [1.807, 2.05) is 43.3 Å². The fraction of sp³-hybridized carbons (Fsp3) is 0.286. The Balaban J connectivity index is 1.67. The number of carbonyl (C=O) groups excluding carboxylic acids is 1. The third-order valence-corrected chi connectivity index (χ3v) is 4.53. The number of methoxy groups -OCH3 is 1. The predicted octanol–water partition coefficient (Wildman–Crippen LogP) is 3.01. The Hall–Kier alpha value is -2.79. The SMILES string of the molecule is COc1ccc2c(CC(=O)N[C@H](CO)Cc3ccccc3C)coc2c1. The molecule has 2 aromatic carbocycles. The molecule has 136 valence electrons. The third kappa shape index (κ3) is 4.06. The van der Waals surface area contributed by atoms with Crippen molar-refractivity contribution in [3.05, 3.63) is 65.4 Å². The molecule has 5 nitrogen and oxygen atoms in total. The van der Waals surface area contributed by atoms with Crippen LogP contribution in [0.2, 0.25) is 0 Å². The summed E-state index contributed by atoms with van der Waals surface area (Å²) in [6, 6.07) is 13.2. The number of hydrogen-bond acceptors (Lipinski definition) is 4. The minimum atomic E-state index is -0.318. The lowest BCUT2D eigenvalue weighted by Gasteiger charge is -2.17. The van der Waals surface area contributed by atoms with E-state index in [9.17, 15) is 9.90 Å². The van der Waals surface area contributed by atoms with Crippen molar-refractivity contribution in [2.75, 3.05) is 13.7 Å². The smallest absolute Gasteiger partial charge is 0.224 e. The second-order valence-corrected chi connectivity index (χ2v) is 6.38. The van der Waals surface area contributed by atoms with Crippen LogP contribution in [0.1, 0.15) is 16.7 Å². The quantitative estimate of drug-likeness (QED) is 0.685. The second-order valence-electron chi connectivity index (χ2n) is 6.38. The number of furan rings is 1. The summed E-state index contributed by atoms with van der Waals surface area (Å²) in [4.78, 5) is 12.4. The van der Waals surface area contributed by atoms with Crippen LogP contribution in [0.15, 0.2) is 53.1 Å². The molecule has 1 heterocycles. The Morgan fingerprint density at radius 1 is 1.23 bits per heavy atom. The number of ether oxygens (including phenoxy) is 1. The van der Waals surface area contributed by atoms with Gasteiger partial charge in [0.25, 0.3) is 0 Å². The lowest BCUT2D eigenvalue weighted by Crippen LogP contribution is -2.40. The number of aliphatic hydroxyl groups excluding tert-OH is 1. The molecule has 3 aromatic rings. The summed E-state index contributed by atoms with van der Waals surface area (Å²) in [6.07, 6.45) is 2.39. The van der Waals surface area contributed by atoms with Crippen molar-refractivity contribution in [3.8, 4) is 5.75 Å². The topological polar surface area (TPSA) is 71.7 Å². The third-order valence-electron chi connectivity index (χ3n) is 4.53. The second kappa shape index (κ2) is 8.06. The first-order chi connectivity index (χ1) is 12.6. The normalized spacial score (nSPS) is 12.1. The van der Waals surface area contributed by atoms with Gasteiger partial charge in [-0.1, -0.05) is 24.3 Å². The number of benzene rings is 2. The molecule has 0 aliphatic rings. The summed E-state index contributed by atoms with van der Waals surface area (Å²) in [5.74, 6) is 0.567. The van der Waals surface area contributed by atoms with Gasteiger partial charge in [-0.15, -0.1) is 0 Å². The molecule has 0 saturated heterocycles. The van der Waals surface area contributed by atoms with Crippen molar-refractivity contribution in [1.29, 1.82) is 0 Å². The van der Waals surface area contributed by atoms with Crippen LogP contribution in [-0.2, 0) is 17.6 Å². The van der Waals surface area contributed by atoms with E-state index in [2.05, 4.69) is 5.32 Å². The maximum Gasteiger partial charge on any atom is 0.224 e. The molecule has 3 rings (SSSR count). The summed E-state index contributed by atoms with van der Waals surface area (Å²) in [5.41, 5.74) is 3.76. The molecule has 1 amide bonds. The molecule has 0 saturated carbocycles. The Morgan fingerprint density at radius 2 is 2.04 bits per heavy atom. The molecular weight excluding hydrogens is 330 g/mol. The van der Waals surface area contributed by atoms with E-state index in [4.69, 9.17) is 9.15 Å². The Kier molecular flexibility index (Phi) is 5.58. The van der Waals surface area contributed by atoms with Crippen molar-refractivity contribution >= 4 is 16.9 Å². The van der Waals surface area contributed by atoms with Crippen molar-refractivity contribution in [1.82, 2.24) is 5.32 Å². The summed E-state index contributed by atoms with van der Waals surface area (Å²) in [6.45, 7) is 1.92. The van der Waals surface area contributed by atoms with Crippen LogP contribution in [0.4, 0.5) is 0 Å². The molecule has 1 atom stereocenters. The van der Waals surface area contributed by atoms with Gasteiger partial charge in [-0.25, -0.2) is 0 Å². The maximum absolute atomic E-state index is 12.4. The number of aryl methyl sites for hydroxylation is 1. The number of nitrogens with one attached hydrogen (secondary N) is 1. The number of fused-ring (bicyclic) bond motifs is 1. The minimum Gasteiger partial charge on any atom is -0.497 e. The van der Waals surface area contributed by atoms with E-state index in [0.29, 0.717) is 17.8 Å². The number of rotatable bonds is 7. The molecule has 0 unspecified atom stereocenters. The van der Waals surface area contributed by atoms with Crippen molar-refractivity contribution in [3.63, 3.8) is 0 Å². The standard InChI is InChI=1S/C21H23NO4/c1-14-5-3-4-6-15(14)9-17(12-23)22-21(24)10-16-13-26-20-11-18(25-2)7-8-19(16)20/h3-8,11,13,17,23H,9-10,12H2,1-2H3,(H,22,24)/t17-/m0/s1. The van der Waals surface area contributed by atoms with Gasteiger partial charge in [0.15, 0.2) is 0 Å². The molecular formula is C21H23NO4. The zero-order chi connectivity index (χ0) is 18.5. The summed E-state index contributed by atoms with van der Waals surface area (Å²) in [7, 11) is 1.60. The van der Waals surface area contributed by atoms with Gasteiger partial charge in [-0.05, 0) is 36.6 Å². The average molecular weight is 353 g/mol. The predicted molar refractivity (Wildman–Crippen MR) is 100 cm³/mol. The highest BCUT2D eigenvalue weighted by atomic mass is 16.5. The molecule has 26 heavy (non-hydrogen) atoms. The van der Waals surface area contributed by atoms with Crippen LogP contribution >= 0.6 is 0 Å². The van der Waals surface area contributed by atoms with Crippen LogP contribution < -0.4 is 10.1 Å². The molecule has 5 heteroatoms. The Morgan fingerprint density at radius 3 is 2.77 bits per heavy atom. The van der Waals surface area contributed by atoms with Gasteiger partial charge < -0.3 is 19.6 Å². The molecule has 0 spiro atoms. The monoisotopic (exact) mass is 353 g/mol. The lowest BCUT2D eigenvalue weighted by atomic mass is 10.0. The molecule has 0 radical (unpaired) electrons. The Labute approximate surface area is 152 Å². The fourth-order valence-electron chi connectivity index (χ4n) is 3.04. The van der Waals surface area contributed by atoms with Crippen LogP contribution in [0.3, 0.4) is 0 Å².